The molecule has 0 aliphatic heterocycles. The van der Waals surface area contributed by atoms with E-state index in [-0.39, 0.29) is 0 Å². The van der Waals surface area contributed by atoms with E-state index in [4.69, 9.17) is 9.47 Å². The molecule has 0 spiro atoms. The fourth-order valence-electron chi connectivity index (χ4n) is 2.03. The molecule has 0 aliphatic carbocycles. The van der Waals surface area contributed by atoms with Crippen LogP contribution in [0.25, 0.3) is 11.1 Å². The van der Waals surface area contributed by atoms with Crippen LogP contribution in [0.3, 0.4) is 0 Å². The molecule has 0 bridgehead atoms. The zero-order valence-electron chi connectivity index (χ0n) is 13.4. The van der Waals surface area contributed by atoms with E-state index >= 15 is 0 Å². The Balaban J connectivity index is 2.44. The smallest absolute Gasteiger partial charge is 0.336 e. The molecule has 0 aliphatic rings. The maximum Gasteiger partial charge on any atom is 0.336 e. The number of carbonyl (C=O) groups excluding carboxylic acids is 1. The number of ether oxygens (including phenoxy) is 2. The zero-order chi connectivity index (χ0) is 18.7. The molecule has 25 heavy (non-hydrogen) atoms. The summed E-state index contributed by atoms with van der Waals surface area (Å²) in [5.74, 6) is 0.0837. The molecule has 2 aromatic carbocycles. The van der Waals surface area contributed by atoms with Gasteiger partial charge in [0.1, 0.15) is 5.75 Å². The second kappa shape index (κ2) is 8.84. The summed E-state index contributed by atoms with van der Waals surface area (Å²) < 4.78 is 14.6. The van der Waals surface area contributed by atoms with Gasteiger partial charge in [-0.15, -0.1) is 0 Å². The summed E-state index contributed by atoms with van der Waals surface area (Å²) in [6, 6.07) is 9.70. The second-order valence-corrected chi connectivity index (χ2v) is 8.80. The Morgan fingerprint density at radius 1 is 1.00 bits per heavy atom. The van der Waals surface area contributed by atoms with Gasteiger partial charge < -0.3 is 9.47 Å². The van der Waals surface area contributed by atoms with E-state index in [1.165, 1.54) is 0 Å². The molecule has 7 heteroatoms. The van der Waals surface area contributed by atoms with Gasteiger partial charge in [-0.05, 0) is 52.7 Å². The number of hydrogen-bond acceptors (Lipinski definition) is 3. The van der Waals surface area contributed by atoms with Crippen molar-refractivity contribution in [3.05, 3.63) is 60.4 Å². The molecule has 0 saturated heterocycles. The number of halogens is 4. The van der Waals surface area contributed by atoms with Crippen molar-refractivity contribution in [2.75, 3.05) is 0 Å². The molecule has 0 N–H and O–H groups in total. The van der Waals surface area contributed by atoms with E-state index in [1.54, 1.807) is 13.8 Å². The van der Waals surface area contributed by atoms with Crippen LogP contribution in [-0.2, 0) is 9.53 Å². The van der Waals surface area contributed by atoms with Crippen LogP contribution in [0, 0.1) is 0 Å². The predicted octanol–water partition coefficient (Wildman–Crippen LogP) is 7.25. The maximum atomic E-state index is 11.7. The number of esters is 1. The first kappa shape index (κ1) is 20.7. The molecule has 3 nitrogen and oxygen atoms in total. The first-order valence-corrected chi connectivity index (χ1v) is 10.3. The summed E-state index contributed by atoms with van der Waals surface area (Å²) in [5.41, 5.74) is 2.11. The molecule has 1 unspecified atom stereocenters. The standard InChI is InChI=1S/C18H14Br4O3/c1-9(2)18(23)25-10(3)24-17-14(6-12(20)8-16(17)22)13-5-4-11(19)7-15(13)21/h4-8,10H,1H2,2-3H3. The molecule has 132 valence electrons. The lowest BCUT2D eigenvalue weighted by atomic mass is 10.0. The van der Waals surface area contributed by atoms with Gasteiger partial charge in [0.2, 0.25) is 6.29 Å². The van der Waals surface area contributed by atoms with Crippen LogP contribution in [0.1, 0.15) is 13.8 Å². The van der Waals surface area contributed by atoms with Gasteiger partial charge in [0.25, 0.3) is 0 Å². The average Bonchev–Trinajstić information content (AvgIpc) is 2.49. The summed E-state index contributed by atoms with van der Waals surface area (Å²) >= 11 is 14.1. The number of rotatable bonds is 5. The number of carbonyl (C=O) groups is 1. The Labute approximate surface area is 180 Å². The van der Waals surface area contributed by atoms with Crippen molar-refractivity contribution in [1.29, 1.82) is 0 Å². The van der Waals surface area contributed by atoms with E-state index in [1.807, 2.05) is 30.3 Å². The first-order valence-electron chi connectivity index (χ1n) is 7.16. The molecule has 2 aromatic rings. The second-order valence-electron chi connectivity index (χ2n) is 5.26. The van der Waals surface area contributed by atoms with E-state index in [0.717, 1.165) is 29.0 Å². The minimum absolute atomic E-state index is 0.321. The van der Waals surface area contributed by atoms with Crippen LogP contribution in [0.15, 0.2) is 60.4 Å². The summed E-state index contributed by atoms with van der Waals surface area (Å²) in [4.78, 5) is 11.7. The van der Waals surface area contributed by atoms with E-state index < -0.39 is 12.3 Å². The third kappa shape index (κ3) is 5.42. The lowest BCUT2D eigenvalue weighted by Gasteiger charge is -2.20. The molecular weight excluding hydrogens is 584 g/mol. The van der Waals surface area contributed by atoms with Crippen LogP contribution in [0.2, 0.25) is 0 Å². The third-order valence-corrected chi connectivity index (χ3v) is 5.33. The van der Waals surface area contributed by atoms with Crippen LogP contribution in [0.5, 0.6) is 5.75 Å². The van der Waals surface area contributed by atoms with Crippen LogP contribution >= 0.6 is 63.7 Å². The minimum atomic E-state index is -0.769. The van der Waals surface area contributed by atoms with Crippen molar-refractivity contribution in [3.8, 4) is 16.9 Å². The molecule has 0 radical (unpaired) electrons. The fourth-order valence-corrected chi connectivity index (χ4v) is 4.61. The minimum Gasteiger partial charge on any atom is -0.453 e. The Kier molecular flexibility index (Phi) is 7.31. The average molecular weight is 598 g/mol. The SMILES string of the molecule is C=C(C)C(=O)OC(C)Oc1c(Br)cc(Br)cc1-c1ccc(Br)cc1Br. The van der Waals surface area contributed by atoms with Gasteiger partial charge in [-0.1, -0.05) is 60.4 Å². The summed E-state index contributed by atoms with van der Waals surface area (Å²) in [5, 5.41) is 0. The molecule has 1 atom stereocenters. The Bertz CT molecular complexity index is 833. The molecular formula is C18H14Br4O3. The molecule has 0 fully saturated rings. The van der Waals surface area contributed by atoms with Gasteiger partial charge >= 0.3 is 5.97 Å². The zero-order valence-corrected chi connectivity index (χ0v) is 19.8. The highest BCUT2D eigenvalue weighted by Gasteiger charge is 2.19. The molecule has 2 rings (SSSR count). The van der Waals surface area contributed by atoms with Crippen molar-refractivity contribution < 1.29 is 14.3 Å². The van der Waals surface area contributed by atoms with Gasteiger partial charge in [-0.3, -0.25) is 0 Å². The van der Waals surface area contributed by atoms with Crippen molar-refractivity contribution in [2.24, 2.45) is 0 Å². The Morgan fingerprint density at radius 3 is 2.24 bits per heavy atom. The highest BCUT2D eigenvalue weighted by Crippen LogP contribution is 2.43. The largest absolute Gasteiger partial charge is 0.453 e. The van der Waals surface area contributed by atoms with Crippen molar-refractivity contribution >= 4 is 69.7 Å². The molecule has 0 amide bonds. The Morgan fingerprint density at radius 2 is 1.64 bits per heavy atom. The number of benzene rings is 2. The first-order chi connectivity index (χ1) is 11.7. The van der Waals surface area contributed by atoms with E-state index in [0.29, 0.717) is 11.3 Å². The van der Waals surface area contributed by atoms with Crippen LogP contribution in [-0.4, -0.2) is 12.3 Å². The van der Waals surface area contributed by atoms with Gasteiger partial charge in [0.15, 0.2) is 0 Å². The normalized spacial score (nSPS) is 11.8. The van der Waals surface area contributed by atoms with Crippen molar-refractivity contribution in [2.45, 2.75) is 20.1 Å². The van der Waals surface area contributed by atoms with Gasteiger partial charge in [0.05, 0.1) is 4.47 Å². The van der Waals surface area contributed by atoms with Crippen LogP contribution in [0.4, 0.5) is 0 Å². The third-order valence-electron chi connectivity index (χ3n) is 3.13. The summed E-state index contributed by atoms with van der Waals surface area (Å²) in [6.07, 6.45) is -0.769. The lowest BCUT2D eigenvalue weighted by Crippen LogP contribution is -2.21. The lowest BCUT2D eigenvalue weighted by molar-refractivity contribution is -0.156. The van der Waals surface area contributed by atoms with Gasteiger partial charge in [0, 0.05) is 31.5 Å². The highest BCUT2D eigenvalue weighted by atomic mass is 79.9. The quantitative estimate of drug-likeness (QED) is 0.207. The predicted molar refractivity (Wildman–Crippen MR) is 114 cm³/mol. The topological polar surface area (TPSA) is 35.5 Å². The van der Waals surface area contributed by atoms with Crippen molar-refractivity contribution in [3.63, 3.8) is 0 Å². The summed E-state index contributed by atoms with van der Waals surface area (Å²) in [6.45, 7) is 6.83. The maximum absolute atomic E-state index is 11.7. The fraction of sp³-hybridized carbons (Fsp3) is 0.167. The molecule has 0 aromatic heterocycles. The number of hydrogen-bond donors (Lipinski definition) is 0. The highest BCUT2D eigenvalue weighted by molar-refractivity contribution is 9.11. The molecule has 0 heterocycles. The van der Waals surface area contributed by atoms with Gasteiger partial charge in [-0.25, -0.2) is 4.79 Å². The van der Waals surface area contributed by atoms with Crippen LogP contribution < -0.4 is 4.74 Å². The monoisotopic (exact) mass is 594 g/mol. The van der Waals surface area contributed by atoms with Crippen molar-refractivity contribution in [1.82, 2.24) is 0 Å². The Hall–Kier alpha value is -0.630. The van der Waals surface area contributed by atoms with E-state index in [9.17, 15) is 4.79 Å². The summed E-state index contributed by atoms with van der Waals surface area (Å²) in [7, 11) is 0. The molecule has 0 saturated carbocycles. The van der Waals surface area contributed by atoms with Gasteiger partial charge in [-0.2, -0.15) is 0 Å². The van der Waals surface area contributed by atoms with E-state index in [2.05, 4.69) is 70.3 Å².